The maximum atomic E-state index is 12.3. The standard InChI is InChI=1S/C21H24N2O6/c1-12-18(14(3)24)13(2)22-19(12)21(27)29-11-17(25)23-16(20(26)28-4)10-15-8-6-5-7-9-15/h5-9,16,22H,10-11H2,1-4H3,(H,23,25)/t16-/m1/s1. The van der Waals surface area contributed by atoms with Gasteiger partial charge in [0.15, 0.2) is 12.4 Å². The largest absolute Gasteiger partial charge is 0.467 e. The van der Waals surface area contributed by atoms with Gasteiger partial charge in [0.2, 0.25) is 0 Å². The molecule has 0 saturated carbocycles. The van der Waals surface area contributed by atoms with Gasteiger partial charge in [0.25, 0.3) is 5.91 Å². The molecule has 0 spiro atoms. The minimum absolute atomic E-state index is 0.120. The number of methoxy groups -OCH3 is 1. The minimum Gasteiger partial charge on any atom is -0.467 e. The molecule has 0 aliphatic heterocycles. The van der Waals surface area contributed by atoms with E-state index in [-0.39, 0.29) is 17.9 Å². The van der Waals surface area contributed by atoms with Gasteiger partial charge < -0.3 is 19.8 Å². The van der Waals surface area contributed by atoms with E-state index in [9.17, 15) is 19.2 Å². The molecule has 2 N–H and O–H groups in total. The summed E-state index contributed by atoms with van der Waals surface area (Å²) in [7, 11) is 1.23. The fourth-order valence-corrected chi connectivity index (χ4v) is 3.11. The van der Waals surface area contributed by atoms with Gasteiger partial charge in [-0.3, -0.25) is 9.59 Å². The molecule has 0 aliphatic rings. The predicted molar refractivity (Wildman–Crippen MR) is 105 cm³/mol. The van der Waals surface area contributed by atoms with Crippen LogP contribution in [0, 0.1) is 13.8 Å². The van der Waals surface area contributed by atoms with Gasteiger partial charge in [-0.2, -0.15) is 0 Å². The van der Waals surface area contributed by atoms with Crippen molar-refractivity contribution in [1.82, 2.24) is 10.3 Å². The Kier molecular flexibility index (Phi) is 7.30. The molecule has 2 rings (SSSR count). The number of carbonyl (C=O) groups excluding carboxylic acids is 4. The molecule has 1 aromatic heterocycles. The van der Waals surface area contributed by atoms with Crippen molar-refractivity contribution in [3.8, 4) is 0 Å². The number of H-pyrrole nitrogens is 1. The van der Waals surface area contributed by atoms with Crippen LogP contribution in [0.5, 0.6) is 0 Å². The highest BCUT2D eigenvalue weighted by molar-refractivity contribution is 6.01. The third-order valence-corrected chi connectivity index (χ3v) is 4.43. The van der Waals surface area contributed by atoms with E-state index in [0.29, 0.717) is 16.8 Å². The Balaban J connectivity index is 2.00. The summed E-state index contributed by atoms with van der Waals surface area (Å²) in [6.07, 6.45) is 0.240. The van der Waals surface area contributed by atoms with E-state index in [0.717, 1.165) is 5.56 Å². The van der Waals surface area contributed by atoms with Crippen LogP contribution in [0.4, 0.5) is 0 Å². The third kappa shape index (κ3) is 5.54. The van der Waals surface area contributed by atoms with Gasteiger partial charge >= 0.3 is 11.9 Å². The number of esters is 2. The first-order valence-electron chi connectivity index (χ1n) is 9.03. The number of ketones is 1. The lowest BCUT2D eigenvalue weighted by Gasteiger charge is -2.16. The number of aromatic nitrogens is 1. The lowest BCUT2D eigenvalue weighted by atomic mass is 10.1. The Bertz CT molecular complexity index is 917. The topological polar surface area (TPSA) is 115 Å². The lowest BCUT2D eigenvalue weighted by Crippen LogP contribution is -2.44. The Hall–Kier alpha value is -3.42. The molecule has 1 amide bonds. The second-order valence-corrected chi connectivity index (χ2v) is 6.59. The van der Waals surface area contributed by atoms with Crippen LogP contribution in [0.15, 0.2) is 30.3 Å². The van der Waals surface area contributed by atoms with Gasteiger partial charge in [-0.1, -0.05) is 30.3 Å². The quantitative estimate of drug-likeness (QED) is 0.517. The summed E-state index contributed by atoms with van der Waals surface area (Å²) in [4.78, 5) is 51.0. The average Bonchev–Trinajstić information content (AvgIpc) is 3.00. The molecule has 8 heteroatoms. The normalized spacial score (nSPS) is 11.4. The van der Waals surface area contributed by atoms with Crippen LogP contribution >= 0.6 is 0 Å². The summed E-state index contributed by atoms with van der Waals surface area (Å²) in [6, 6.07) is 8.23. The van der Waals surface area contributed by atoms with Gasteiger partial charge in [-0.05, 0) is 31.9 Å². The SMILES string of the molecule is COC(=O)[C@@H](Cc1ccccc1)NC(=O)COC(=O)c1[nH]c(C)c(C(C)=O)c1C. The highest BCUT2D eigenvalue weighted by Crippen LogP contribution is 2.19. The van der Waals surface area contributed by atoms with Gasteiger partial charge in [-0.15, -0.1) is 0 Å². The van der Waals surface area contributed by atoms with Gasteiger partial charge in [-0.25, -0.2) is 9.59 Å². The molecule has 29 heavy (non-hydrogen) atoms. The molecule has 0 bridgehead atoms. The average molecular weight is 400 g/mol. The Morgan fingerprint density at radius 1 is 1.10 bits per heavy atom. The number of aromatic amines is 1. The van der Waals surface area contributed by atoms with Crippen molar-refractivity contribution in [3.05, 3.63) is 58.4 Å². The van der Waals surface area contributed by atoms with Crippen LogP contribution in [-0.2, 0) is 25.5 Å². The van der Waals surface area contributed by atoms with Crippen LogP contribution in [-0.4, -0.2) is 48.4 Å². The molecular weight excluding hydrogens is 376 g/mol. The summed E-state index contributed by atoms with van der Waals surface area (Å²) in [6.45, 7) is 4.14. The molecular formula is C21H24N2O6. The van der Waals surface area contributed by atoms with Crippen molar-refractivity contribution < 1.29 is 28.7 Å². The van der Waals surface area contributed by atoms with Crippen LogP contribution in [0.1, 0.15) is 44.6 Å². The van der Waals surface area contributed by atoms with Crippen molar-refractivity contribution in [2.24, 2.45) is 0 Å². The Morgan fingerprint density at radius 3 is 2.31 bits per heavy atom. The zero-order valence-corrected chi connectivity index (χ0v) is 16.8. The van der Waals surface area contributed by atoms with Crippen LogP contribution in [0.3, 0.4) is 0 Å². The molecule has 0 saturated heterocycles. The zero-order chi connectivity index (χ0) is 21.6. The van der Waals surface area contributed by atoms with Crippen molar-refractivity contribution in [2.75, 3.05) is 13.7 Å². The molecule has 0 unspecified atom stereocenters. The summed E-state index contributed by atoms with van der Waals surface area (Å²) in [5.41, 5.74) is 2.41. The number of amides is 1. The molecule has 0 aliphatic carbocycles. The maximum Gasteiger partial charge on any atom is 0.355 e. The van der Waals surface area contributed by atoms with Crippen molar-refractivity contribution in [3.63, 3.8) is 0 Å². The van der Waals surface area contributed by atoms with E-state index in [1.165, 1.54) is 14.0 Å². The van der Waals surface area contributed by atoms with Crippen molar-refractivity contribution >= 4 is 23.6 Å². The number of benzene rings is 1. The molecule has 0 fully saturated rings. The number of hydrogen-bond donors (Lipinski definition) is 2. The van der Waals surface area contributed by atoms with Gasteiger partial charge in [0, 0.05) is 17.7 Å². The molecule has 1 aromatic carbocycles. The number of hydrogen-bond acceptors (Lipinski definition) is 6. The second kappa shape index (κ2) is 9.68. The number of rotatable bonds is 8. The van der Waals surface area contributed by atoms with Gasteiger partial charge in [0.1, 0.15) is 11.7 Å². The summed E-state index contributed by atoms with van der Waals surface area (Å²) >= 11 is 0. The first-order chi connectivity index (χ1) is 13.7. The van der Waals surface area contributed by atoms with E-state index in [1.54, 1.807) is 13.8 Å². The van der Waals surface area contributed by atoms with E-state index in [4.69, 9.17) is 9.47 Å². The maximum absolute atomic E-state index is 12.3. The smallest absolute Gasteiger partial charge is 0.355 e. The monoisotopic (exact) mass is 400 g/mol. The Morgan fingerprint density at radius 2 is 1.76 bits per heavy atom. The number of ether oxygens (including phenoxy) is 2. The molecule has 8 nitrogen and oxygen atoms in total. The summed E-state index contributed by atoms with van der Waals surface area (Å²) < 4.78 is 9.77. The first-order valence-corrected chi connectivity index (χ1v) is 9.03. The molecule has 2 aromatic rings. The lowest BCUT2D eigenvalue weighted by molar-refractivity contribution is -0.145. The van der Waals surface area contributed by atoms with Crippen molar-refractivity contribution in [1.29, 1.82) is 0 Å². The van der Waals surface area contributed by atoms with Crippen molar-refractivity contribution in [2.45, 2.75) is 33.2 Å². The first kappa shape index (κ1) is 21.9. The second-order valence-electron chi connectivity index (χ2n) is 6.59. The number of Topliss-reactive ketones (excluding diaryl/α,β-unsaturated/α-hetero) is 1. The highest BCUT2D eigenvalue weighted by Gasteiger charge is 2.24. The zero-order valence-electron chi connectivity index (χ0n) is 16.8. The summed E-state index contributed by atoms with van der Waals surface area (Å²) in [5.74, 6) is -2.17. The van der Waals surface area contributed by atoms with Crippen LogP contribution in [0.2, 0.25) is 0 Å². The van der Waals surface area contributed by atoms with E-state index in [1.807, 2.05) is 30.3 Å². The Labute approximate surface area is 168 Å². The van der Waals surface area contributed by atoms with Gasteiger partial charge in [0.05, 0.1) is 7.11 Å². The molecule has 154 valence electrons. The van der Waals surface area contributed by atoms with Crippen LogP contribution in [0.25, 0.3) is 0 Å². The molecule has 1 atom stereocenters. The summed E-state index contributed by atoms with van der Waals surface area (Å²) in [5, 5.41) is 2.52. The number of carbonyl (C=O) groups is 4. The highest BCUT2D eigenvalue weighted by atomic mass is 16.5. The predicted octanol–water partition coefficient (Wildman–Crippen LogP) is 1.89. The fourth-order valence-electron chi connectivity index (χ4n) is 3.11. The van der Waals surface area contributed by atoms with E-state index < -0.39 is 30.5 Å². The third-order valence-electron chi connectivity index (χ3n) is 4.43. The van der Waals surface area contributed by atoms with E-state index >= 15 is 0 Å². The molecule has 0 radical (unpaired) electrons. The minimum atomic E-state index is -0.910. The number of aryl methyl sites for hydroxylation is 1. The molecule has 1 heterocycles. The fraction of sp³-hybridized carbons (Fsp3) is 0.333. The van der Waals surface area contributed by atoms with Crippen LogP contribution < -0.4 is 5.32 Å². The van der Waals surface area contributed by atoms with E-state index in [2.05, 4.69) is 10.3 Å². The number of nitrogens with one attached hydrogen (secondary N) is 2.